The number of hydrogen-bond donors (Lipinski definition) is 2. The fourth-order valence-corrected chi connectivity index (χ4v) is 5.57. The van der Waals surface area contributed by atoms with Gasteiger partial charge in [0.25, 0.3) is 0 Å². The minimum absolute atomic E-state index is 0.0995. The molecule has 4 rings (SSSR count). The number of imidazole rings is 1. The molecule has 9 heteroatoms. The van der Waals surface area contributed by atoms with Gasteiger partial charge in [-0.1, -0.05) is 62.7 Å². The highest BCUT2D eigenvalue weighted by Crippen LogP contribution is 2.31. The molecule has 0 bridgehead atoms. The van der Waals surface area contributed by atoms with Crippen LogP contribution in [0.25, 0.3) is 22.2 Å². The number of nitrogens with zero attached hydrogens (tertiary/aromatic N) is 2. The third-order valence-corrected chi connectivity index (χ3v) is 7.90. The van der Waals surface area contributed by atoms with Gasteiger partial charge in [-0.15, -0.1) is 0 Å². The number of ether oxygens (including phenoxy) is 1. The molecule has 0 unspecified atom stereocenters. The molecule has 0 spiro atoms. The standard InChI is InChI=1S/C29H33N3O5S/c1-3-5-10-28-31-25-16-15-23(30-20-38(35,36)17-4-2)18-26(25)32(28)19-21-11-13-22(14-12-21)24-8-6-7-9-27(24)37-29(33)34/h6-9,11-16,18,30H,3-5,10,17,19-20H2,1-2H3,(H,33,34). The van der Waals surface area contributed by atoms with Crippen molar-refractivity contribution in [3.05, 3.63) is 78.1 Å². The molecule has 2 N–H and O–H groups in total. The molecule has 1 heterocycles. The van der Waals surface area contributed by atoms with E-state index in [0.717, 1.165) is 52.9 Å². The Morgan fingerprint density at radius 1 is 1.03 bits per heavy atom. The number of benzene rings is 3. The Bertz CT molecular complexity index is 1510. The van der Waals surface area contributed by atoms with E-state index in [0.29, 0.717) is 18.5 Å². The van der Waals surface area contributed by atoms with Crippen LogP contribution in [-0.2, 0) is 22.8 Å². The van der Waals surface area contributed by atoms with Crippen molar-refractivity contribution in [1.29, 1.82) is 0 Å². The zero-order valence-electron chi connectivity index (χ0n) is 21.7. The van der Waals surface area contributed by atoms with Crippen LogP contribution in [0, 0.1) is 0 Å². The highest BCUT2D eigenvalue weighted by atomic mass is 32.2. The number of fused-ring (bicyclic) bond motifs is 1. The first kappa shape index (κ1) is 27.2. The number of unbranched alkanes of at least 4 members (excludes halogenated alkanes) is 1. The Labute approximate surface area is 223 Å². The summed E-state index contributed by atoms with van der Waals surface area (Å²) in [5, 5.41) is 12.1. The molecule has 0 saturated carbocycles. The topological polar surface area (TPSA) is 111 Å². The zero-order valence-corrected chi connectivity index (χ0v) is 22.5. The van der Waals surface area contributed by atoms with Crippen molar-refractivity contribution in [1.82, 2.24) is 9.55 Å². The Hall–Kier alpha value is -3.85. The van der Waals surface area contributed by atoms with Crippen molar-refractivity contribution < 1.29 is 23.1 Å². The lowest BCUT2D eigenvalue weighted by molar-refractivity contribution is 0.144. The van der Waals surface area contributed by atoms with Gasteiger partial charge in [0, 0.05) is 24.2 Å². The predicted molar refractivity (Wildman–Crippen MR) is 151 cm³/mol. The maximum atomic E-state index is 12.2. The van der Waals surface area contributed by atoms with E-state index in [1.54, 1.807) is 12.1 Å². The highest BCUT2D eigenvalue weighted by molar-refractivity contribution is 7.91. The molecule has 4 aromatic rings. The summed E-state index contributed by atoms with van der Waals surface area (Å²) in [6.45, 7) is 4.60. The number of hydrogen-bond acceptors (Lipinski definition) is 6. The van der Waals surface area contributed by atoms with Crippen LogP contribution in [0.2, 0.25) is 0 Å². The smallest absolute Gasteiger partial charge is 0.449 e. The quantitative estimate of drug-likeness (QED) is 0.161. The maximum absolute atomic E-state index is 12.2. The van der Waals surface area contributed by atoms with E-state index < -0.39 is 16.0 Å². The number of aryl methyl sites for hydroxylation is 1. The third-order valence-electron chi connectivity index (χ3n) is 6.28. The van der Waals surface area contributed by atoms with Crippen molar-refractivity contribution in [3.8, 4) is 16.9 Å². The van der Waals surface area contributed by atoms with Crippen molar-refractivity contribution in [2.45, 2.75) is 46.1 Å². The van der Waals surface area contributed by atoms with Gasteiger partial charge in [-0.05, 0) is 48.2 Å². The van der Waals surface area contributed by atoms with Crippen molar-refractivity contribution in [2.24, 2.45) is 0 Å². The highest BCUT2D eigenvalue weighted by Gasteiger charge is 2.14. The molecular formula is C29H33N3O5S. The van der Waals surface area contributed by atoms with Gasteiger partial charge in [0.15, 0.2) is 9.84 Å². The second kappa shape index (κ2) is 12.1. The van der Waals surface area contributed by atoms with E-state index in [9.17, 15) is 13.2 Å². The number of carbonyl (C=O) groups is 1. The molecule has 0 amide bonds. The van der Waals surface area contributed by atoms with E-state index in [4.69, 9.17) is 14.8 Å². The first-order valence-electron chi connectivity index (χ1n) is 12.8. The summed E-state index contributed by atoms with van der Waals surface area (Å²) in [7, 11) is -3.16. The second-order valence-corrected chi connectivity index (χ2v) is 11.4. The normalized spacial score (nSPS) is 11.5. The first-order valence-corrected chi connectivity index (χ1v) is 14.6. The monoisotopic (exact) mass is 535 g/mol. The van der Waals surface area contributed by atoms with Crippen molar-refractivity contribution in [3.63, 3.8) is 0 Å². The summed E-state index contributed by atoms with van der Waals surface area (Å²) in [5.41, 5.74) is 5.17. The number of aromatic nitrogens is 2. The van der Waals surface area contributed by atoms with Crippen LogP contribution in [0.5, 0.6) is 5.75 Å². The minimum Gasteiger partial charge on any atom is -0.449 e. The van der Waals surface area contributed by atoms with E-state index >= 15 is 0 Å². The summed E-state index contributed by atoms with van der Waals surface area (Å²) in [6.07, 6.45) is 2.16. The number of rotatable bonds is 12. The molecule has 0 fully saturated rings. The number of anilines is 1. The van der Waals surface area contributed by atoms with E-state index in [1.165, 1.54) is 0 Å². The van der Waals surface area contributed by atoms with Crippen LogP contribution >= 0.6 is 0 Å². The molecule has 38 heavy (non-hydrogen) atoms. The lowest BCUT2D eigenvalue weighted by Gasteiger charge is -2.12. The third kappa shape index (κ3) is 6.72. The summed E-state index contributed by atoms with van der Waals surface area (Å²) in [4.78, 5) is 16.0. The number of sulfone groups is 1. The van der Waals surface area contributed by atoms with Crippen LogP contribution in [0.1, 0.15) is 44.5 Å². The Balaban J connectivity index is 1.63. The van der Waals surface area contributed by atoms with Gasteiger partial charge >= 0.3 is 6.16 Å². The van der Waals surface area contributed by atoms with Gasteiger partial charge in [0.1, 0.15) is 17.5 Å². The van der Waals surface area contributed by atoms with Crippen LogP contribution in [0.4, 0.5) is 10.5 Å². The van der Waals surface area contributed by atoms with E-state index in [-0.39, 0.29) is 17.4 Å². The van der Waals surface area contributed by atoms with Gasteiger partial charge in [-0.25, -0.2) is 18.2 Å². The SMILES string of the molecule is CCCCc1nc2ccc(NCS(=O)(=O)CCC)cc2n1Cc1ccc(-c2ccccc2OC(=O)O)cc1. The zero-order chi connectivity index (χ0) is 27.1. The maximum Gasteiger partial charge on any atom is 0.511 e. The van der Waals surface area contributed by atoms with Gasteiger partial charge in [0.2, 0.25) is 0 Å². The molecule has 8 nitrogen and oxygen atoms in total. The van der Waals surface area contributed by atoms with Crippen LogP contribution in [-0.4, -0.2) is 40.9 Å². The Morgan fingerprint density at radius 3 is 2.50 bits per heavy atom. The Morgan fingerprint density at radius 2 is 1.79 bits per heavy atom. The van der Waals surface area contributed by atoms with Crippen LogP contribution in [0.3, 0.4) is 0 Å². The minimum atomic E-state index is -3.16. The molecule has 3 aromatic carbocycles. The number of nitrogens with one attached hydrogen (secondary N) is 1. The Kier molecular flexibility index (Phi) is 8.68. The molecular weight excluding hydrogens is 502 g/mol. The molecule has 0 saturated heterocycles. The molecule has 0 aliphatic rings. The molecule has 0 atom stereocenters. The predicted octanol–water partition coefficient (Wildman–Crippen LogP) is 6.35. The average molecular weight is 536 g/mol. The van der Waals surface area contributed by atoms with Gasteiger partial charge < -0.3 is 19.7 Å². The second-order valence-electron chi connectivity index (χ2n) is 9.25. The summed E-state index contributed by atoms with van der Waals surface area (Å²) < 4.78 is 31.5. The van der Waals surface area contributed by atoms with E-state index in [2.05, 4.69) is 16.8 Å². The largest absolute Gasteiger partial charge is 0.511 e. The number of para-hydroxylation sites is 1. The molecule has 0 aliphatic heterocycles. The number of carboxylic acid groups (broad SMARTS) is 1. The lowest BCUT2D eigenvalue weighted by atomic mass is 10.0. The van der Waals surface area contributed by atoms with Gasteiger partial charge in [-0.2, -0.15) is 0 Å². The van der Waals surface area contributed by atoms with E-state index in [1.807, 2.05) is 61.5 Å². The van der Waals surface area contributed by atoms with Gasteiger partial charge in [0.05, 0.1) is 16.8 Å². The van der Waals surface area contributed by atoms with Crippen LogP contribution < -0.4 is 10.1 Å². The molecule has 1 aromatic heterocycles. The molecule has 0 radical (unpaired) electrons. The van der Waals surface area contributed by atoms with Crippen molar-refractivity contribution in [2.75, 3.05) is 16.9 Å². The molecule has 200 valence electrons. The summed E-state index contributed by atoms with van der Waals surface area (Å²) in [5.74, 6) is 1.33. The van der Waals surface area contributed by atoms with Gasteiger partial charge in [-0.3, -0.25) is 0 Å². The average Bonchev–Trinajstić information content (AvgIpc) is 3.23. The van der Waals surface area contributed by atoms with Crippen molar-refractivity contribution >= 4 is 32.7 Å². The van der Waals surface area contributed by atoms with Crippen LogP contribution in [0.15, 0.2) is 66.7 Å². The summed E-state index contributed by atoms with van der Waals surface area (Å²) in [6, 6.07) is 20.7. The molecule has 0 aliphatic carbocycles. The lowest BCUT2D eigenvalue weighted by Crippen LogP contribution is -2.17. The fourth-order valence-electron chi connectivity index (χ4n) is 4.42. The first-order chi connectivity index (χ1) is 18.3. The summed E-state index contributed by atoms with van der Waals surface area (Å²) >= 11 is 0. The fraction of sp³-hybridized carbons (Fsp3) is 0.310.